The number of carbonyl (C=O) groups is 2. The molecule has 1 N–H and O–H groups in total. The molecule has 0 bridgehead atoms. The molecule has 0 aliphatic heterocycles. The normalized spacial score (nSPS) is 12.3. The van der Waals surface area contributed by atoms with Crippen LogP contribution in [0, 0.1) is 0 Å². The van der Waals surface area contributed by atoms with Gasteiger partial charge in [-0.2, -0.15) is 0 Å². The largest absolute Gasteiger partial charge is 0.351 e. The summed E-state index contributed by atoms with van der Waals surface area (Å²) < 4.78 is 0. The maximum absolute atomic E-state index is 12.3. The van der Waals surface area contributed by atoms with Crippen LogP contribution < -0.4 is 10.2 Å². The van der Waals surface area contributed by atoms with Crippen molar-refractivity contribution in [3.63, 3.8) is 0 Å². The van der Waals surface area contributed by atoms with Gasteiger partial charge in [-0.1, -0.05) is 24.3 Å². The van der Waals surface area contributed by atoms with E-state index in [1.165, 1.54) is 29.2 Å². The van der Waals surface area contributed by atoms with E-state index in [4.69, 9.17) is 0 Å². The Kier molecular flexibility index (Phi) is 7.51. The number of nitrogens with zero attached hydrogens (tertiary/aromatic N) is 3. The van der Waals surface area contributed by atoms with E-state index < -0.39 is 0 Å². The van der Waals surface area contributed by atoms with Crippen molar-refractivity contribution < 1.29 is 9.59 Å². The van der Waals surface area contributed by atoms with E-state index in [-0.39, 0.29) is 17.9 Å². The summed E-state index contributed by atoms with van der Waals surface area (Å²) >= 11 is 3.03. The predicted octanol–water partition coefficient (Wildman–Crippen LogP) is 4.32. The number of rotatable bonds is 8. The highest BCUT2D eigenvalue weighted by molar-refractivity contribution is 7.14. The van der Waals surface area contributed by atoms with Gasteiger partial charge in [-0.25, -0.2) is 4.98 Å². The Bertz CT molecular complexity index is 997. The summed E-state index contributed by atoms with van der Waals surface area (Å²) in [4.78, 5) is 33.8. The molecule has 156 valence electrons. The highest BCUT2D eigenvalue weighted by Crippen LogP contribution is 2.29. The monoisotopic (exact) mass is 440 g/mol. The Labute approximate surface area is 184 Å². The first-order chi connectivity index (χ1) is 14.5. The van der Waals surface area contributed by atoms with Crippen molar-refractivity contribution in [2.24, 2.45) is 0 Å². The quantitative estimate of drug-likeness (QED) is 0.530. The van der Waals surface area contributed by atoms with Gasteiger partial charge in [0.15, 0.2) is 5.13 Å². The van der Waals surface area contributed by atoms with Gasteiger partial charge >= 0.3 is 0 Å². The minimum atomic E-state index is -0.181. The van der Waals surface area contributed by atoms with Gasteiger partial charge in [0.25, 0.3) is 0 Å². The van der Waals surface area contributed by atoms with Gasteiger partial charge in [0.05, 0.1) is 17.4 Å². The van der Waals surface area contributed by atoms with Crippen LogP contribution in [0.4, 0.5) is 10.8 Å². The number of nitrogens with one attached hydrogen (secondary N) is 1. The average molecular weight is 441 g/mol. The van der Waals surface area contributed by atoms with Crippen LogP contribution in [0.25, 0.3) is 6.08 Å². The number of hydrogen-bond acceptors (Lipinski definition) is 6. The number of aromatic nitrogens is 1. The molecule has 3 rings (SSSR count). The molecule has 2 amide bonds. The van der Waals surface area contributed by atoms with Gasteiger partial charge in [0.1, 0.15) is 0 Å². The zero-order chi connectivity index (χ0) is 21.5. The van der Waals surface area contributed by atoms with E-state index in [1.807, 2.05) is 61.3 Å². The summed E-state index contributed by atoms with van der Waals surface area (Å²) in [5.41, 5.74) is 1.39. The molecule has 0 aliphatic rings. The number of thiophene rings is 1. The summed E-state index contributed by atoms with van der Waals surface area (Å²) in [6, 6.07) is 13.6. The second-order valence-electron chi connectivity index (χ2n) is 6.82. The molecule has 0 fully saturated rings. The molecule has 2 heterocycles. The Balaban J connectivity index is 1.63. The summed E-state index contributed by atoms with van der Waals surface area (Å²) in [5.74, 6) is -0.299. The van der Waals surface area contributed by atoms with E-state index in [9.17, 15) is 9.59 Å². The molecule has 1 atom stereocenters. The highest BCUT2D eigenvalue weighted by atomic mass is 32.1. The van der Waals surface area contributed by atoms with Crippen LogP contribution in [-0.4, -0.2) is 42.3 Å². The third-order valence-corrected chi connectivity index (χ3v) is 6.22. The molecule has 3 aromatic rings. The lowest BCUT2D eigenvalue weighted by molar-refractivity contribution is -0.117. The topological polar surface area (TPSA) is 65.5 Å². The fourth-order valence-corrected chi connectivity index (χ4v) is 4.67. The molecule has 1 aromatic carbocycles. The molecule has 30 heavy (non-hydrogen) atoms. The number of para-hydroxylation sites is 1. The minimum absolute atomic E-state index is 0.118. The Morgan fingerprint density at radius 2 is 1.90 bits per heavy atom. The highest BCUT2D eigenvalue weighted by Gasteiger charge is 2.18. The molecule has 0 saturated heterocycles. The van der Waals surface area contributed by atoms with E-state index in [2.05, 4.69) is 21.3 Å². The molecular weight excluding hydrogens is 416 g/mol. The number of likely N-dealkylation sites (N-methyl/N-ethyl adjacent to an activating group) is 1. The van der Waals surface area contributed by atoms with Gasteiger partial charge in [-0.15, -0.1) is 22.7 Å². The third-order valence-electron chi connectivity index (χ3n) is 4.40. The number of anilines is 2. The number of carbonyl (C=O) groups excluding carboxylic acids is 2. The predicted molar refractivity (Wildman–Crippen MR) is 124 cm³/mol. The number of amides is 2. The first-order valence-electron chi connectivity index (χ1n) is 9.42. The van der Waals surface area contributed by atoms with Crippen molar-refractivity contribution >= 4 is 51.4 Å². The summed E-state index contributed by atoms with van der Waals surface area (Å²) in [6.45, 7) is 2.03. The first-order valence-corrected chi connectivity index (χ1v) is 11.2. The molecule has 8 heteroatoms. The minimum Gasteiger partial charge on any atom is -0.351 e. The Morgan fingerprint density at radius 3 is 2.53 bits per heavy atom. The molecule has 1 unspecified atom stereocenters. The number of thiazole rings is 1. The van der Waals surface area contributed by atoms with Crippen molar-refractivity contribution in [2.45, 2.75) is 13.0 Å². The second kappa shape index (κ2) is 10.3. The Hall–Kier alpha value is -2.81. The summed E-state index contributed by atoms with van der Waals surface area (Å²) in [5, 5.41) is 7.38. The van der Waals surface area contributed by atoms with Crippen molar-refractivity contribution in [3.8, 4) is 0 Å². The lowest BCUT2D eigenvalue weighted by Crippen LogP contribution is -2.33. The van der Waals surface area contributed by atoms with Gasteiger partial charge in [0.2, 0.25) is 11.8 Å². The van der Waals surface area contributed by atoms with Crippen LogP contribution in [0.5, 0.6) is 0 Å². The molecule has 0 aliphatic carbocycles. The van der Waals surface area contributed by atoms with Crippen LogP contribution in [0.15, 0.2) is 59.3 Å². The standard InChI is InChI=1S/C22H24N4O2S2/c1-16(27)26(18-8-5-4-6-9-18)22-24-17(15-30-22)11-12-21(28)23-14-19(25(2)3)20-10-7-13-29-20/h4-13,15,19H,14H2,1-3H3,(H,23,28)/b12-11+. The fraction of sp³-hybridized carbons (Fsp3) is 0.227. The van der Waals surface area contributed by atoms with Crippen LogP contribution in [0.1, 0.15) is 23.5 Å². The molecule has 6 nitrogen and oxygen atoms in total. The van der Waals surface area contributed by atoms with Crippen molar-refractivity contribution in [1.29, 1.82) is 0 Å². The smallest absolute Gasteiger partial charge is 0.244 e. The third kappa shape index (κ3) is 5.63. The Morgan fingerprint density at radius 1 is 1.13 bits per heavy atom. The number of hydrogen-bond donors (Lipinski definition) is 1. The zero-order valence-corrected chi connectivity index (χ0v) is 18.7. The maximum atomic E-state index is 12.3. The molecule has 0 radical (unpaired) electrons. The summed E-state index contributed by atoms with van der Waals surface area (Å²) in [7, 11) is 3.99. The van der Waals surface area contributed by atoms with E-state index in [0.29, 0.717) is 17.4 Å². The van der Waals surface area contributed by atoms with Crippen molar-refractivity contribution in [2.75, 3.05) is 25.5 Å². The molecule has 0 spiro atoms. The van der Waals surface area contributed by atoms with Crippen molar-refractivity contribution in [3.05, 3.63) is 69.9 Å². The van der Waals surface area contributed by atoms with Crippen LogP contribution in [0.3, 0.4) is 0 Å². The van der Waals surface area contributed by atoms with Crippen LogP contribution in [-0.2, 0) is 9.59 Å². The van der Waals surface area contributed by atoms with Crippen LogP contribution >= 0.6 is 22.7 Å². The molecule has 2 aromatic heterocycles. The average Bonchev–Trinajstić information content (AvgIpc) is 3.40. The van der Waals surface area contributed by atoms with Gasteiger partial charge in [-0.3, -0.25) is 14.5 Å². The van der Waals surface area contributed by atoms with E-state index in [0.717, 1.165) is 5.69 Å². The summed E-state index contributed by atoms with van der Waals surface area (Å²) in [6.07, 6.45) is 3.13. The second-order valence-corrected chi connectivity index (χ2v) is 8.63. The van der Waals surface area contributed by atoms with E-state index in [1.54, 1.807) is 22.3 Å². The molecular formula is C22H24N4O2S2. The van der Waals surface area contributed by atoms with Gasteiger partial charge in [0, 0.05) is 29.8 Å². The van der Waals surface area contributed by atoms with Crippen LogP contribution in [0.2, 0.25) is 0 Å². The lowest BCUT2D eigenvalue weighted by Gasteiger charge is -2.23. The molecule has 0 saturated carbocycles. The first kappa shape index (κ1) is 21.9. The van der Waals surface area contributed by atoms with Gasteiger partial charge < -0.3 is 10.2 Å². The fourth-order valence-electron chi connectivity index (χ4n) is 2.90. The maximum Gasteiger partial charge on any atom is 0.244 e. The SMILES string of the molecule is CC(=O)N(c1ccccc1)c1nc(/C=C/C(=O)NCC(c2cccs2)N(C)C)cs1. The number of benzene rings is 1. The zero-order valence-electron chi connectivity index (χ0n) is 17.1. The van der Waals surface area contributed by atoms with Crippen molar-refractivity contribution in [1.82, 2.24) is 15.2 Å². The van der Waals surface area contributed by atoms with Gasteiger partial charge in [-0.05, 0) is 43.8 Å². The lowest BCUT2D eigenvalue weighted by atomic mass is 10.2. The van der Waals surface area contributed by atoms with E-state index >= 15 is 0 Å².